The lowest BCUT2D eigenvalue weighted by molar-refractivity contribution is 0.0698. The smallest absolute Gasteiger partial charge is 0.337 e. The van der Waals surface area contributed by atoms with Crippen molar-refractivity contribution in [3.05, 3.63) is 46.3 Å². The van der Waals surface area contributed by atoms with Gasteiger partial charge in [0.05, 0.1) is 17.3 Å². The fourth-order valence-corrected chi connectivity index (χ4v) is 2.38. The molecular formula is C15H18N2O3. The molecule has 1 aromatic carbocycles. The SMILES string of the molecule is Cc1ccc(C(=O)O)c(NC(C)c2c(C)noc2C)c1. The van der Waals surface area contributed by atoms with Crippen molar-refractivity contribution in [2.45, 2.75) is 33.7 Å². The number of aromatic nitrogens is 1. The molecule has 0 saturated heterocycles. The van der Waals surface area contributed by atoms with E-state index in [1.54, 1.807) is 12.1 Å². The number of hydrogen-bond donors (Lipinski definition) is 2. The number of nitrogens with zero attached hydrogens (tertiary/aromatic N) is 1. The van der Waals surface area contributed by atoms with E-state index in [0.717, 1.165) is 22.6 Å². The number of carboxylic acids is 1. The summed E-state index contributed by atoms with van der Waals surface area (Å²) in [5.41, 5.74) is 3.64. The second-order valence-electron chi connectivity index (χ2n) is 4.96. The number of aromatic carboxylic acids is 1. The third-order valence-corrected chi connectivity index (χ3v) is 3.30. The number of aryl methyl sites for hydroxylation is 3. The van der Waals surface area contributed by atoms with Gasteiger partial charge in [-0.15, -0.1) is 0 Å². The molecule has 2 N–H and O–H groups in total. The highest BCUT2D eigenvalue weighted by atomic mass is 16.5. The highest BCUT2D eigenvalue weighted by Crippen LogP contribution is 2.27. The van der Waals surface area contributed by atoms with Crippen LogP contribution in [0.25, 0.3) is 0 Å². The van der Waals surface area contributed by atoms with Crippen LogP contribution in [0.15, 0.2) is 22.7 Å². The van der Waals surface area contributed by atoms with Crippen molar-refractivity contribution >= 4 is 11.7 Å². The molecule has 2 aromatic rings. The van der Waals surface area contributed by atoms with Gasteiger partial charge in [-0.05, 0) is 45.4 Å². The van der Waals surface area contributed by atoms with Gasteiger partial charge in [0, 0.05) is 11.3 Å². The Balaban J connectivity index is 2.35. The predicted molar refractivity (Wildman–Crippen MR) is 76.2 cm³/mol. The fourth-order valence-electron chi connectivity index (χ4n) is 2.38. The number of hydrogen-bond acceptors (Lipinski definition) is 4. The lowest BCUT2D eigenvalue weighted by Gasteiger charge is -2.17. The molecule has 0 saturated carbocycles. The summed E-state index contributed by atoms with van der Waals surface area (Å²) in [6.07, 6.45) is 0. The molecule has 1 aromatic heterocycles. The van der Waals surface area contributed by atoms with Crippen molar-refractivity contribution in [3.8, 4) is 0 Å². The first-order valence-corrected chi connectivity index (χ1v) is 6.43. The summed E-state index contributed by atoms with van der Waals surface area (Å²) in [6.45, 7) is 7.61. The van der Waals surface area contributed by atoms with Crippen molar-refractivity contribution in [2.24, 2.45) is 0 Å². The molecule has 2 rings (SSSR count). The highest BCUT2D eigenvalue weighted by molar-refractivity contribution is 5.94. The summed E-state index contributed by atoms with van der Waals surface area (Å²) in [4.78, 5) is 11.3. The van der Waals surface area contributed by atoms with E-state index in [9.17, 15) is 9.90 Å². The Morgan fingerprint density at radius 1 is 1.35 bits per heavy atom. The Morgan fingerprint density at radius 2 is 2.05 bits per heavy atom. The van der Waals surface area contributed by atoms with Crippen LogP contribution in [-0.2, 0) is 0 Å². The number of carboxylic acid groups (broad SMARTS) is 1. The van der Waals surface area contributed by atoms with Crippen molar-refractivity contribution in [1.82, 2.24) is 5.16 Å². The third kappa shape index (κ3) is 2.66. The van der Waals surface area contributed by atoms with Gasteiger partial charge in [-0.2, -0.15) is 0 Å². The lowest BCUT2D eigenvalue weighted by atomic mass is 10.0. The Kier molecular flexibility index (Phi) is 3.79. The van der Waals surface area contributed by atoms with Crippen molar-refractivity contribution in [2.75, 3.05) is 5.32 Å². The van der Waals surface area contributed by atoms with E-state index >= 15 is 0 Å². The molecule has 0 aliphatic rings. The van der Waals surface area contributed by atoms with Crippen LogP contribution in [0.1, 0.15) is 45.9 Å². The topological polar surface area (TPSA) is 75.4 Å². The van der Waals surface area contributed by atoms with Gasteiger partial charge < -0.3 is 14.9 Å². The second kappa shape index (κ2) is 5.36. The Labute approximate surface area is 117 Å². The average Bonchev–Trinajstić information content (AvgIpc) is 2.68. The highest BCUT2D eigenvalue weighted by Gasteiger charge is 2.18. The summed E-state index contributed by atoms with van der Waals surface area (Å²) in [6, 6.07) is 5.15. The zero-order valence-corrected chi connectivity index (χ0v) is 12.0. The van der Waals surface area contributed by atoms with Crippen molar-refractivity contribution in [1.29, 1.82) is 0 Å². The minimum atomic E-state index is -0.946. The van der Waals surface area contributed by atoms with Crippen LogP contribution in [0.4, 0.5) is 5.69 Å². The lowest BCUT2D eigenvalue weighted by Crippen LogP contribution is -2.12. The zero-order chi connectivity index (χ0) is 14.9. The van der Waals surface area contributed by atoms with Gasteiger partial charge >= 0.3 is 5.97 Å². The second-order valence-corrected chi connectivity index (χ2v) is 4.96. The number of nitrogens with one attached hydrogen (secondary N) is 1. The largest absolute Gasteiger partial charge is 0.478 e. The maximum atomic E-state index is 11.3. The van der Waals surface area contributed by atoms with E-state index in [1.165, 1.54) is 0 Å². The van der Waals surface area contributed by atoms with Crippen LogP contribution in [0.2, 0.25) is 0 Å². The van der Waals surface area contributed by atoms with E-state index in [0.29, 0.717) is 5.69 Å². The number of rotatable bonds is 4. The van der Waals surface area contributed by atoms with Crippen LogP contribution < -0.4 is 5.32 Å². The molecule has 0 radical (unpaired) electrons. The fraction of sp³-hybridized carbons (Fsp3) is 0.333. The number of carbonyl (C=O) groups is 1. The monoisotopic (exact) mass is 274 g/mol. The molecule has 5 heteroatoms. The first kappa shape index (κ1) is 14.1. The van der Waals surface area contributed by atoms with Crippen molar-refractivity contribution in [3.63, 3.8) is 0 Å². The van der Waals surface area contributed by atoms with Crippen LogP contribution in [0.3, 0.4) is 0 Å². The molecule has 0 fully saturated rings. The predicted octanol–water partition coefficient (Wildman–Crippen LogP) is 3.47. The zero-order valence-electron chi connectivity index (χ0n) is 12.0. The summed E-state index contributed by atoms with van der Waals surface area (Å²) >= 11 is 0. The molecule has 106 valence electrons. The molecular weight excluding hydrogens is 256 g/mol. The van der Waals surface area contributed by atoms with Gasteiger partial charge in [0.25, 0.3) is 0 Å². The van der Waals surface area contributed by atoms with Gasteiger partial charge in [0.1, 0.15) is 5.76 Å². The minimum Gasteiger partial charge on any atom is -0.478 e. The summed E-state index contributed by atoms with van der Waals surface area (Å²) < 4.78 is 5.15. The van der Waals surface area contributed by atoms with Crippen molar-refractivity contribution < 1.29 is 14.4 Å². The summed E-state index contributed by atoms with van der Waals surface area (Å²) in [5, 5.41) is 16.4. The molecule has 0 aliphatic heterocycles. The van der Waals surface area contributed by atoms with E-state index < -0.39 is 5.97 Å². The third-order valence-electron chi connectivity index (χ3n) is 3.30. The minimum absolute atomic E-state index is 0.0823. The summed E-state index contributed by atoms with van der Waals surface area (Å²) in [7, 11) is 0. The maximum absolute atomic E-state index is 11.3. The molecule has 20 heavy (non-hydrogen) atoms. The van der Waals surface area contributed by atoms with Gasteiger partial charge in [0.2, 0.25) is 0 Å². The molecule has 1 atom stereocenters. The van der Waals surface area contributed by atoms with E-state index in [4.69, 9.17) is 4.52 Å². The van der Waals surface area contributed by atoms with Crippen LogP contribution in [0, 0.1) is 20.8 Å². The number of anilines is 1. The van der Waals surface area contributed by atoms with Crippen LogP contribution >= 0.6 is 0 Å². The summed E-state index contributed by atoms with van der Waals surface area (Å²) in [5.74, 6) is -0.203. The Bertz CT molecular complexity index is 627. The standard InChI is InChI=1S/C15H18N2O3/c1-8-5-6-12(15(18)19)13(7-8)16-9(2)14-10(3)17-20-11(14)4/h5-7,9,16H,1-4H3,(H,18,19). The quantitative estimate of drug-likeness (QED) is 0.892. The molecule has 5 nitrogen and oxygen atoms in total. The average molecular weight is 274 g/mol. The van der Waals surface area contributed by atoms with Gasteiger partial charge in [0.15, 0.2) is 0 Å². The van der Waals surface area contributed by atoms with E-state index in [-0.39, 0.29) is 11.6 Å². The van der Waals surface area contributed by atoms with Gasteiger partial charge in [-0.3, -0.25) is 0 Å². The molecule has 0 aliphatic carbocycles. The molecule has 0 amide bonds. The van der Waals surface area contributed by atoms with Gasteiger partial charge in [-0.1, -0.05) is 11.2 Å². The van der Waals surface area contributed by atoms with E-state index in [2.05, 4.69) is 10.5 Å². The van der Waals surface area contributed by atoms with E-state index in [1.807, 2.05) is 33.8 Å². The maximum Gasteiger partial charge on any atom is 0.337 e. The Morgan fingerprint density at radius 3 is 2.60 bits per heavy atom. The van der Waals surface area contributed by atoms with Crippen LogP contribution in [0.5, 0.6) is 0 Å². The van der Waals surface area contributed by atoms with Crippen LogP contribution in [-0.4, -0.2) is 16.2 Å². The first-order chi connectivity index (χ1) is 9.40. The first-order valence-electron chi connectivity index (χ1n) is 6.43. The molecule has 0 spiro atoms. The number of benzene rings is 1. The Hall–Kier alpha value is -2.30. The molecule has 1 heterocycles. The normalized spacial score (nSPS) is 12.2. The van der Waals surface area contributed by atoms with Gasteiger partial charge in [-0.25, -0.2) is 4.79 Å². The molecule has 1 unspecified atom stereocenters. The molecule has 0 bridgehead atoms.